The topological polar surface area (TPSA) is 76.5 Å². The van der Waals surface area contributed by atoms with E-state index >= 15 is 0 Å². The van der Waals surface area contributed by atoms with Crippen LogP contribution in [0.2, 0.25) is 0 Å². The summed E-state index contributed by atoms with van der Waals surface area (Å²) in [5.41, 5.74) is 1.05. The molecule has 1 fully saturated rings. The Bertz CT molecular complexity index is 803. The number of rotatable bonds is 6. The van der Waals surface area contributed by atoms with E-state index in [0.29, 0.717) is 6.54 Å². The second-order valence-corrected chi connectivity index (χ2v) is 7.74. The molecule has 24 heavy (non-hydrogen) atoms. The molecule has 1 aromatic heterocycles. The van der Waals surface area contributed by atoms with Crippen LogP contribution in [0, 0.1) is 5.92 Å². The van der Waals surface area contributed by atoms with Crippen LogP contribution in [-0.2, 0) is 17.1 Å². The molecule has 0 bridgehead atoms. The van der Waals surface area contributed by atoms with Gasteiger partial charge in [-0.3, -0.25) is 4.68 Å². The summed E-state index contributed by atoms with van der Waals surface area (Å²) >= 11 is 0. The van der Waals surface area contributed by atoms with Crippen LogP contribution in [0.3, 0.4) is 0 Å². The predicted molar refractivity (Wildman–Crippen MR) is 91.7 cm³/mol. The van der Waals surface area contributed by atoms with E-state index in [4.69, 9.17) is 4.74 Å². The molecule has 2 heterocycles. The second-order valence-electron chi connectivity index (χ2n) is 5.97. The number of nitrogens with one attached hydrogen (secondary N) is 1. The fourth-order valence-corrected chi connectivity index (χ4v) is 4.06. The Kier molecular flexibility index (Phi) is 4.77. The summed E-state index contributed by atoms with van der Waals surface area (Å²) in [5.74, 6) is 1.11. The van der Waals surface area contributed by atoms with Crippen LogP contribution in [-0.4, -0.2) is 44.9 Å². The van der Waals surface area contributed by atoms with E-state index in [1.54, 1.807) is 14.2 Å². The smallest absolute Gasteiger partial charge is 0.243 e. The highest BCUT2D eigenvalue weighted by Crippen LogP contribution is 2.31. The molecule has 0 saturated carbocycles. The molecule has 1 aromatic carbocycles. The number of benzene rings is 1. The Morgan fingerprint density at radius 3 is 2.88 bits per heavy atom. The van der Waals surface area contributed by atoms with Gasteiger partial charge in [-0.2, -0.15) is 5.10 Å². The van der Waals surface area contributed by atoms with Gasteiger partial charge in [0.25, 0.3) is 0 Å². The number of aromatic nitrogens is 2. The van der Waals surface area contributed by atoms with Crippen molar-refractivity contribution < 1.29 is 13.2 Å². The lowest BCUT2D eigenvalue weighted by Crippen LogP contribution is -2.31. The van der Waals surface area contributed by atoms with Crippen molar-refractivity contribution in [3.63, 3.8) is 0 Å². The fraction of sp³-hybridized carbons (Fsp3) is 0.438. The van der Waals surface area contributed by atoms with Gasteiger partial charge in [-0.25, -0.2) is 13.1 Å². The van der Waals surface area contributed by atoms with Crippen molar-refractivity contribution in [3.8, 4) is 5.75 Å². The third kappa shape index (κ3) is 3.54. The Labute approximate surface area is 142 Å². The molecule has 130 valence electrons. The monoisotopic (exact) mass is 350 g/mol. The van der Waals surface area contributed by atoms with E-state index < -0.39 is 10.0 Å². The third-order valence-electron chi connectivity index (χ3n) is 4.27. The largest absolute Gasteiger partial charge is 0.495 e. The molecule has 0 amide bonds. The first-order chi connectivity index (χ1) is 11.5. The SMILES string of the molecule is COc1ccccc1N1CCC(CNS(=O)(=O)c2cnn(C)c2)C1. The van der Waals surface area contributed by atoms with Crippen LogP contribution < -0.4 is 14.4 Å². The van der Waals surface area contributed by atoms with Crippen LogP contribution in [0.1, 0.15) is 6.42 Å². The second kappa shape index (κ2) is 6.82. The first-order valence-corrected chi connectivity index (χ1v) is 9.34. The van der Waals surface area contributed by atoms with Crippen LogP contribution in [0.4, 0.5) is 5.69 Å². The number of hydrogen-bond acceptors (Lipinski definition) is 5. The Morgan fingerprint density at radius 2 is 2.17 bits per heavy atom. The minimum atomic E-state index is -3.50. The number of anilines is 1. The summed E-state index contributed by atoms with van der Waals surface area (Å²) in [6, 6.07) is 7.89. The molecule has 2 aromatic rings. The summed E-state index contributed by atoms with van der Waals surface area (Å²) in [4.78, 5) is 2.44. The highest BCUT2D eigenvalue weighted by Gasteiger charge is 2.26. The standard InChI is InChI=1S/C16H22N4O3S/c1-19-12-14(10-17-19)24(21,22)18-9-13-7-8-20(11-13)15-5-3-4-6-16(15)23-2/h3-6,10,12-13,18H,7-9,11H2,1-2H3. The zero-order valence-electron chi connectivity index (χ0n) is 13.8. The molecule has 1 N–H and O–H groups in total. The molecule has 3 rings (SSSR count). The lowest BCUT2D eigenvalue weighted by atomic mass is 10.1. The first-order valence-electron chi connectivity index (χ1n) is 7.86. The summed E-state index contributed by atoms with van der Waals surface area (Å²) in [7, 11) is -0.142. The normalized spacial score (nSPS) is 18.1. The number of sulfonamides is 1. The van der Waals surface area contributed by atoms with Crippen LogP contribution in [0.25, 0.3) is 0 Å². The Hall–Kier alpha value is -2.06. The number of methoxy groups -OCH3 is 1. The van der Waals surface area contributed by atoms with Gasteiger partial charge >= 0.3 is 0 Å². The number of para-hydroxylation sites is 2. The lowest BCUT2D eigenvalue weighted by molar-refractivity contribution is 0.414. The van der Waals surface area contributed by atoms with Crippen LogP contribution >= 0.6 is 0 Å². The van der Waals surface area contributed by atoms with E-state index in [9.17, 15) is 8.42 Å². The maximum atomic E-state index is 12.3. The molecular formula is C16H22N4O3S. The quantitative estimate of drug-likeness (QED) is 0.848. The molecule has 8 heteroatoms. The van der Waals surface area contributed by atoms with Crippen molar-refractivity contribution >= 4 is 15.7 Å². The van der Waals surface area contributed by atoms with Gasteiger partial charge in [-0.1, -0.05) is 12.1 Å². The lowest BCUT2D eigenvalue weighted by Gasteiger charge is -2.21. The number of aryl methyl sites for hydroxylation is 1. The zero-order chi connectivity index (χ0) is 17.2. The predicted octanol–water partition coefficient (Wildman–Crippen LogP) is 1.23. The van der Waals surface area contributed by atoms with Gasteiger partial charge in [0.1, 0.15) is 10.6 Å². The molecule has 1 saturated heterocycles. The van der Waals surface area contributed by atoms with Crippen molar-refractivity contribution in [3.05, 3.63) is 36.7 Å². The first kappa shape index (κ1) is 16.8. The molecule has 1 aliphatic rings. The maximum Gasteiger partial charge on any atom is 0.243 e. The van der Waals surface area contributed by atoms with Crippen molar-refractivity contribution in [2.24, 2.45) is 13.0 Å². The molecule has 0 spiro atoms. The van der Waals surface area contributed by atoms with E-state index in [0.717, 1.165) is 30.9 Å². The highest BCUT2D eigenvalue weighted by atomic mass is 32.2. The van der Waals surface area contributed by atoms with Gasteiger partial charge in [-0.15, -0.1) is 0 Å². The summed E-state index contributed by atoms with van der Waals surface area (Å²) < 4.78 is 34.1. The van der Waals surface area contributed by atoms with E-state index in [2.05, 4.69) is 14.7 Å². The molecule has 1 atom stereocenters. The van der Waals surface area contributed by atoms with Crippen LogP contribution in [0.15, 0.2) is 41.6 Å². The Balaban J connectivity index is 1.60. The molecule has 1 unspecified atom stereocenters. The van der Waals surface area contributed by atoms with Gasteiger partial charge in [0.15, 0.2) is 0 Å². The van der Waals surface area contributed by atoms with Crippen molar-refractivity contribution in [2.45, 2.75) is 11.3 Å². The van der Waals surface area contributed by atoms with Crippen LogP contribution in [0.5, 0.6) is 5.75 Å². The minimum absolute atomic E-state index is 0.199. The molecule has 0 aliphatic carbocycles. The average molecular weight is 350 g/mol. The summed E-state index contributed by atoms with van der Waals surface area (Å²) in [6.07, 6.45) is 3.80. The van der Waals surface area contributed by atoms with Crippen molar-refractivity contribution in [2.75, 3.05) is 31.6 Å². The van der Waals surface area contributed by atoms with E-state index in [1.807, 2.05) is 24.3 Å². The van der Waals surface area contributed by atoms with E-state index in [1.165, 1.54) is 17.1 Å². The van der Waals surface area contributed by atoms with E-state index in [-0.39, 0.29) is 10.8 Å². The maximum absolute atomic E-state index is 12.3. The van der Waals surface area contributed by atoms with Gasteiger partial charge in [0, 0.05) is 32.9 Å². The third-order valence-corrected chi connectivity index (χ3v) is 5.64. The summed E-state index contributed by atoms with van der Waals surface area (Å²) in [6.45, 7) is 2.11. The Morgan fingerprint density at radius 1 is 1.38 bits per heavy atom. The van der Waals surface area contributed by atoms with Gasteiger partial charge in [0.2, 0.25) is 10.0 Å². The van der Waals surface area contributed by atoms with Gasteiger partial charge < -0.3 is 9.64 Å². The van der Waals surface area contributed by atoms with Gasteiger partial charge in [-0.05, 0) is 24.5 Å². The number of ether oxygens (including phenoxy) is 1. The van der Waals surface area contributed by atoms with Crippen molar-refractivity contribution in [1.29, 1.82) is 0 Å². The average Bonchev–Trinajstić information content (AvgIpc) is 3.22. The minimum Gasteiger partial charge on any atom is -0.495 e. The summed E-state index contributed by atoms with van der Waals surface area (Å²) in [5, 5.41) is 3.91. The molecule has 7 nitrogen and oxygen atoms in total. The molecule has 1 aliphatic heterocycles. The highest BCUT2D eigenvalue weighted by molar-refractivity contribution is 7.89. The zero-order valence-corrected chi connectivity index (χ0v) is 14.7. The van der Waals surface area contributed by atoms with Gasteiger partial charge in [0.05, 0.1) is 19.0 Å². The van der Waals surface area contributed by atoms with Crippen molar-refractivity contribution in [1.82, 2.24) is 14.5 Å². The molecule has 0 radical (unpaired) electrons. The number of nitrogens with zero attached hydrogens (tertiary/aromatic N) is 3. The fourth-order valence-electron chi connectivity index (χ4n) is 2.96. The number of hydrogen-bond donors (Lipinski definition) is 1. The molecular weight excluding hydrogens is 328 g/mol.